The van der Waals surface area contributed by atoms with Gasteiger partial charge in [0.1, 0.15) is 11.5 Å². The Morgan fingerprint density at radius 1 is 1.25 bits per heavy atom. The van der Waals surface area contributed by atoms with Gasteiger partial charge in [0.25, 0.3) is 5.91 Å². The predicted octanol–water partition coefficient (Wildman–Crippen LogP) is 2.31. The summed E-state index contributed by atoms with van der Waals surface area (Å²) < 4.78 is 10.3. The number of hydrogen-bond donors (Lipinski definition) is 2. The van der Waals surface area contributed by atoms with Crippen molar-refractivity contribution in [3.8, 4) is 11.5 Å². The number of ether oxygens (including phenoxy) is 2. The first kappa shape index (κ1) is 16.1. The number of amides is 1. The third kappa shape index (κ3) is 3.79. The van der Waals surface area contributed by atoms with Crippen LogP contribution >= 0.6 is 0 Å². The highest BCUT2D eigenvalue weighted by molar-refractivity contribution is 6.00. The molecule has 5 nitrogen and oxygen atoms in total. The number of hydrogen-bond acceptors (Lipinski definition) is 4. The molecule has 1 rings (SSSR count). The van der Waals surface area contributed by atoms with E-state index >= 15 is 0 Å². The van der Waals surface area contributed by atoms with Crippen LogP contribution in [-0.2, 0) is 0 Å². The fourth-order valence-electron chi connectivity index (χ4n) is 1.66. The molecule has 1 aromatic carbocycles. The van der Waals surface area contributed by atoms with E-state index in [-0.39, 0.29) is 5.91 Å². The van der Waals surface area contributed by atoms with Crippen LogP contribution in [0.4, 0.5) is 5.69 Å². The largest absolute Gasteiger partial charge is 0.497 e. The van der Waals surface area contributed by atoms with Gasteiger partial charge >= 0.3 is 0 Å². The molecular weight excluding hydrogens is 256 g/mol. The molecule has 0 radical (unpaired) electrons. The molecular formula is C15H24N2O3. The number of carbonyl (C=O) groups excluding carboxylic acids is 1. The molecule has 1 atom stereocenters. The zero-order valence-electron chi connectivity index (χ0n) is 12.8. The summed E-state index contributed by atoms with van der Waals surface area (Å²) in [7, 11) is 3.04. The van der Waals surface area contributed by atoms with Crippen LogP contribution < -0.4 is 20.5 Å². The van der Waals surface area contributed by atoms with Crippen LogP contribution in [0, 0.1) is 11.8 Å². The van der Waals surface area contributed by atoms with Gasteiger partial charge in [-0.1, -0.05) is 20.8 Å². The maximum atomic E-state index is 12.2. The van der Waals surface area contributed by atoms with Gasteiger partial charge in [0.15, 0.2) is 0 Å². The molecule has 5 heteroatoms. The van der Waals surface area contributed by atoms with Gasteiger partial charge in [-0.15, -0.1) is 0 Å². The maximum absolute atomic E-state index is 12.2. The zero-order chi connectivity index (χ0) is 15.3. The third-order valence-corrected chi connectivity index (χ3v) is 3.54. The van der Waals surface area contributed by atoms with E-state index in [9.17, 15) is 4.79 Å². The van der Waals surface area contributed by atoms with E-state index in [4.69, 9.17) is 15.2 Å². The second kappa shape index (κ2) is 7.03. The quantitative estimate of drug-likeness (QED) is 0.784. The predicted molar refractivity (Wildman–Crippen MR) is 80.3 cm³/mol. The highest BCUT2D eigenvalue weighted by atomic mass is 16.5. The SMILES string of the molecule is COc1cc(OC)c(N)c(C(=O)NCC(C)C(C)C)c1. The van der Waals surface area contributed by atoms with Crippen molar-refractivity contribution in [2.45, 2.75) is 20.8 Å². The minimum atomic E-state index is -0.216. The van der Waals surface area contributed by atoms with E-state index in [2.05, 4.69) is 26.1 Å². The van der Waals surface area contributed by atoms with Crippen molar-refractivity contribution >= 4 is 11.6 Å². The minimum absolute atomic E-state index is 0.216. The van der Waals surface area contributed by atoms with Crippen molar-refractivity contribution in [2.24, 2.45) is 11.8 Å². The summed E-state index contributed by atoms with van der Waals surface area (Å²) in [6.07, 6.45) is 0. The lowest BCUT2D eigenvalue weighted by Gasteiger charge is -2.17. The molecule has 0 fully saturated rings. The summed E-state index contributed by atoms with van der Waals surface area (Å²) in [6, 6.07) is 3.27. The lowest BCUT2D eigenvalue weighted by atomic mass is 9.98. The van der Waals surface area contributed by atoms with Crippen LogP contribution in [0.5, 0.6) is 11.5 Å². The first-order valence-electron chi connectivity index (χ1n) is 6.70. The van der Waals surface area contributed by atoms with Gasteiger partial charge < -0.3 is 20.5 Å². The summed E-state index contributed by atoms with van der Waals surface area (Å²) in [6.45, 7) is 6.95. The van der Waals surface area contributed by atoms with Gasteiger partial charge in [0.2, 0.25) is 0 Å². The molecule has 0 saturated carbocycles. The number of nitrogen functional groups attached to an aromatic ring is 1. The van der Waals surface area contributed by atoms with Crippen LogP contribution in [-0.4, -0.2) is 26.7 Å². The molecule has 1 aromatic rings. The molecule has 0 aromatic heterocycles. The number of benzene rings is 1. The Morgan fingerprint density at radius 2 is 1.90 bits per heavy atom. The molecule has 0 aliphatic rings. The van der Waals surface area contributed by atoms with Gasteiger partial charge in [-0.05, 0) is 17.9 Å². The summed E-state index contributed by atoms with van der Waals surface area (Å²) in [4.78, 5) is 12.2. The van der Waals surface area contributed by atoms with Crippen molar-refractivity contribution in [2.75, 3.05) is 26.5 Å². The molecule has 0 bridgehead atoms. The van der Waals surface area contributed by atoms with E-state index < -0.39 is 0 Å². The molecule has 0 aliphatic heterocycles. The van der Waals surface area contributed by atoms with Crippen LogP contribution in [0.1, 0.15) is 31.1 Å². The molecule has 112 valence electrons. The first-order valence-corrected chi connectivity index (χ1v) is 6.70. The molecule has 1 amide bonds. The summed E-state index contributed by atoms with van der Waals surface area (Å²) in [5.41, 5.74) is 6.64. The molecule has 0 saturated heterocycles. The topological polar surface area (TPSA) is 73.6 Å². The number of carbonyl (C=O) groups is 1. The van der Waals surface area contributed by atoms with E-state index in [0.29, 0.717) is 41.1 Å². The number of anilines is 1. The van der Waals surface area contributed by atoms with Crippen LogP contribution in [0.25, 0.3) is 0 Å². The van der Waals surface area contributed by atoms with E-state index in [1.165, 1.54) is 14.2 Å². The Bertz CT molecular complexity index is 472. The summed E-state index contributed by atoms with van der Waals surface area (Å²) in [5, 5.41) is 2.89. The molecule has 0 aliphatic carbocycles. The second-order valence-electron chi connectivity index (χ2n) is 5.22. The van der Waals surface area contributed by atoms with Gasteiger partial charge in [-0.2, -0.15) is 0 Å². The number of nitrogens with two attached hydrogens (primary N) is 1. The van der Waals surface area contributed by atoms with Gasteiger partial charge in [-0.3, -0.25) is 4.79 Å². The summed E-state index contributed by atoms with van der Waals surface area (Å²) in [5.74, 6) is 1.66. The molecule has 1 unspecified atom stereocenters. The Kier molecular flexibility index (Phi) is 5.67. The highest BCUT2D eigenvalue weighted by Crippen LogP contribution is 2.30. The van der Waals surface area contributed by atoms with E-state index in [1.54, 1.807) is 12.1 Å². The van der Waals surface area contributed by atoms with Crippen molar-refractivity contribution < 1.29 is 14.3 Å². The number of rotatable bonds is 6. The lowest BCUT2D eigenvalue weighted by molar-refractivity contribution is 0.0945. The summed E-state index contributed by atoms with van der Waals surface area (Å²) >= 11 is 0. The average Bonchev–Trinajstić information content (AvgIpc) is 2.44. The van der Waals surface area contributed by atoms with Crippen molar-refractivity contribution in [1.29, 1.82) is 0 Å². The average molecular weight is 280 g/mol. The molecule has 0 heterocycles. The van der Waals surface area contributed by atoms with Crippen molar-refractivity contribution in [3.05, 3.63) is 17.7 Å². The van der Waals surface area contributed by atoms with Crippen LogP contribution in [0.2, 0.25) is 0 Å². The maximum Gasteiger partial charge on any atom is 0.253 e. The first-order chi connectivity index (χ1) is 9.40. The highest BCUT2D eigenvalue weighted by Gasteiger charge is 2.17. The van der Waals surface area contributed by atoms with Gasteiger partial charge in [0.05, 0.1) is 25.5 Å². The van der Waals surface area contributed by atoms with E-state index in [1.807, 2.05) is 0 Å². The Hall–Kier alpha value is -1.91. The zero-order valence-corrected chi connectivity index (χ0v) is 12.8. The van der Waals surface area contributed by atoms with Gasteiger partial charge in [0, 0.05) is 12.6 Å². The number of methoxy groups -OCH3 is 2. The molecule has 0 spiro atoms. The molecule has 3 N–H and O–H groups in total. The standard InChI is InChI=1S/C15H24N2O3/c1-9(2)10(3)8-17-15(18)12-6-11(19-4)7-13(20-5)14(12)16/h6-7,9-10H,8,16H2,1-5H3,(H,17,18). The van der Waals surface area contributed by atoms with Gasteiger partial charge in [-0.25, -0.2) is 0 Å². The Labute approximate surface area is 120 Å². The fraction of sp³-hybridized carbons (Fsp3) is 0.533. The van der Waals surface area contributed by atoms with Crippen molar-refractivity contribution in [3.63, 3.8) is 0 Å². The normalized spacial score (nSPS) is 12.1. The third-order valence-electron chi connectivity index (χ3n) is 3.54. The Balaban J connectivity index is 2.92. The smallest absolute Gasteiger partial charge is 0.253 e. The van der Waals surface area contributed by atoms with Crippen molar-refractivity contribution in [1.82, 2.24) is 5.32 Å². The van der Waals surface area contributed by atoms with Crippen LogP contribution in [0.15, 0.2) is 12.1 Å². The molecule has 20 heavy (non-hydrogen) atoms. The monoisotopic (exact) mass is 280 g/mol. The second-order valence-corrected chi connectivity index (χ2v) is 5.22. The fourth-order valence-corrected chi connectivity index (χ4v) is 1.66. The number of nitrogens with one attached hydrogen (secondary N) is 1. The lowest BCUT2D eigenvalue weighted by Crippen LogP contribution is -2.30. The van der Waals surface area contributed by atoms with Crippen LogP contribution in [0.3, 0.4) is 0 Å². The van der Waals surface area contributed by atoms with E-state index in [0.717, 1.165) is 0 Å². The minimum Gasteiger partial charge on any atom is -0.497 e. The Morgan fingerprint density at radius 3 is 2.40 bits per heavy atom.